The Hall–Kier alpha value is -3.15. The second-order valence-electron chi connectivity index (χ2n) is 7.93. The first-order valence-corrected chi connectivity index (χ1v) is 10.3. The van der Waals surface area contributed by atoms with E-state index in [2.05, 4.69) is 12.2 Å². The molecule has 1 aliphatic rings. The second kappa shape index (κ2) is 9.11. The molecule has 1 N–H and O–H groups in total. The van der Waals surface area contributed by atoms with Crippen LogP contribution in [-0.2, 0) is 20.8 Å². The molecule has 3 amide bonds. The smallest absolute Gasteiger partial charge is 0.243 e. The Labute approximate surface area is 177 Å². The van der Waals surface area contributed by atoms with E-state index in [9.17, 15) is 14.4 Å². The van der Waals surface area contributed by atoms with E-state index < -0.39 is 5.92 Å². The molecule has 1 saturated heterocycles. The number of hydrogen-bond acceptors (Lipinski definition) is 3. The van der Waals surface area contributed by atoms with E-state index in [0.29, 0.717) is 6.54 Å². The molecule has 1 atom stereocenters. The lowest BCUT2D eigenvalue weighted by atomic mass is 10.1. The fourth-order valence-corrected chi connectivity index (χ4v) is 3.83. The first-order valence-electron chi connectivity index (χ1n) is 10.3. The molecule has 2 aromatic rings. The molecule has 3 rings (SSSR count). The van der Waals surface area contributed by atoms with E-state index in [1.807, 2.05) is 56.3 Å². The van der Waals surface area contributed by atoms with Crippen molar-refractivity contribution in [1.29, 1.82) is 0 Å². The summed E-state index contributed by atoms with van der Waals surface area (Å²) in [4.78, 5) is 40.9. The molecule has 158 valence electrons. The predicted molar refractivity (Wildman–Crippen MR) is 118 cm³/mol. The summed E-state index contributed by atoms with van der Waals surface area (Å²) in [5.41, 5.74) is 4.74. The molecule has 0 radical (unpaired) electrons. The van der Waals surface area contributed by atoms with Crippen molar-refractivity contribution in [2.45, 2.75) is 33.6 Å². The van der Waals surface area contributed by atoms with Gasteiger partial charge in [0.1, 0.15) is 0 Å². The number of nitrogens with one attached hydrogen (secondary N) is 1. The largest absolute Gasteiger partial charge is 0.336 e. The van der Waals surface area contributed by atoms with Crippen molar-refractivity contribution in [2.24, 2.45) is 5.92 Å². The maximum Gasteiger partial charge on any atom is 0.243 e. The van der Waals surface area contributed by atoms with Crippen LogP contribution in [0.25, 0.3) is 0 Å². The van der Waals surface area contributed by atoms with Gasteiger partial charge in [0.05, 0.1) is 12.5 Å². The minimum absolute atomic E-state index is 0.0531. The molecule has 1 unspecified atom stereocenters. The maximum absolute atomic E-state index is 12.9. The number of para-hydroxylation sites is 1. The SMILES string of the molecule is CCc1ccc(N2CC(C(=O)N(C)CC(=O)Nc3c(C)cccc3C)CC2=O)cc1. The second-order valence-corrected chi connectivity index (χ2v) is 7.93. The van der Waals surface area contributed by atoms with E-state index in [4.69, 9.17) is 0 Å². The van der Waals surface area contributed by atoms with Crippen molar-refractivity contribution in [2.75, 3.05) is 30.4 Å². The van der Waals surface area contributed by atoms with Crippen molar-refractivity contribution in [3.63, 3.8) is 0 Å². The Balaban J connectivity index is 1.60. The van der Waals surface area contributed by atoms with Crippen molar-refractivity contribution in [3.05, 3.63) is 59.2 Å². The molecule has 6 heteroatoms. The summed E-state index contributed by atoms with van der Waals surface area (Å²) in [6.45, 7) is 6.23. The molecule has 0 saturated carbocycles. The van der Waals surface area contributed by atoms with E-state index in [0.717, 1.165) is 28.9 Å². The molecule has 6 nitrogen and oxygen atoms in total. The van der Waals surface area contributed by atoms with Gasteiger partial charge in [0.25, 0.3) is 0 Å². The summed E-state index contributed by atoms with van der Waals surface area (Å²) in [5.74, 6) is -0.945. The van der Waals surface area contributed by atoms with Crippen LogP contribution in [0.15, 0.2) is 42.5 Å². The summed E-state index contributed by atoms with van der Waals surface area (Å²) in [5, 5.41) is 2.90. The van der Waals surface area contributed by atoms with Gasteiger partial charge in [-0.25, -0.2) is 0 Å². The van der Waals surface area contributed by atoms with Gasteiger partial charge in [0.2, 0.25) is 17.7 Å². The van der Waals surface area contributed by atoms with Crippen LogP contribution < -0.4 is 10.2 Å². The topological polar surface area (TPSA) is 69.7 Å². The van der Waals surface area contributed by atoms with Gasteiger partial charge in [-0.1, -0.05) is 37.3 Å². The minimum atomic E-state index is -0.443. The highest BCUT2D eigenvalue weighted by Gasteiger charge is 2.36. The van der Waals surface area contributed by atoms with Crippen molar-refractivity contribution in [1.82, 2.24) is 4.90 Å². The molecule has 0 aromatic heterocycles. The van der Waals surface area contributed by atoms with Crippen LogP contribution in [-0.4, -0.2) is 42.8 Å². The number of hydrogen-bond donors (Lipinski definition) is 1. The van der Waals surface area contributed by atoms with E-state index >= 15 is 0 Å². The standard InChI is InChI=1S/C24H29N3O3/c1-5-18-9-11-20(12-10-18)27-14-19(13-22(27)29)24(30)26(4)15-21(28)25-23-16(2)7-6-8-17(23)3/h6-12,19H,5,13-15H2,1-4H3,(H,25,28). The number of benzene rings is 2. The van der Waals surface area contributed by atoms with Crippen LogP contribution in [0.3, 0.4) is 0 Å². The van der Waals surface area contributed by atoms with Gasteiger partial charge in [-0.05, 0) is 49.1 Å². The quantitative estimate of drug-likeness (QED) is 0.799. The van der Waals surface area contributed by atoms with E-state index in [-0.39, 0.29) is 30.7 Å². The highest BCUT2D eigenvalue weighted by Crippen LogP contribution is 2.26. The summed E-state index contributed by atoms with van der Waals surface area (Å²) >= 11 is 0. The molecular weight excluding hydrogens is 378 g/mol. The van der Waals surface area contributed by atoms with Crippen molar-refractivity contribution in [3.8, 4) is 0 Å². The van der Waals surface area contributed by atoms with Crippen LogP contribution >= 0.6 is 0 Å². The van der Waals surface area contributed by atoms with Gasteiger partial charge >= 0.3 is 0 Å². The molecule has 0 aliphatic carbocycles. The number of aryl methyl sites for hydroxylation is 3. The molecule has 2 aromatic carbocycles. The minimum Gasteiger partial charge on any atom is -0.336 e. The number of carbonyl (C=O) groups excluding carboxylic acids is 3. The predicted octanol–water partition coefficient (Wildman–Crippen LogP) is 3.32. The van der Waals surface area contributed by atoms with Gasteiger partial charge < -0.3 is 15.1 Å². The average Bonchev–Trinajstić information content (AvgIpc) is 3.11. The number of rotatable bonds is 6. The van der Waals surface area contributed by atoms with E-state index in [1.54, 1.807) is 11.9 Å². The average molecular weight is 408 g/mol. The summed E-state index contributed by atoms with van der Waals surface area (Å²) in [6, 6.07) is 13.7. The van der Waals surface area contributed by atoms with Crippen LogP contribution in [0.4, 0.5) is 11.4 Å². The first kappa shape index (κ1) is 21.6. The van der Waals surface area contributed by atoms with Gasteiger partial charge in [-0.15, -0.1) is 0 Å². The number of likely N-dealkylation sites (N-methyl/N-ethyl adjacent to an activating group) is 1. The van der Waals surface area contributed by atoms with Crippen LogP contribution in [0, 0.1) is 19.8 Å². The molecule has 1 aliphatic heterocycles. The van der Waals surface area contributed by atoms with E-state index in [1.165, 1.54) is 10.5 Å². The fourth-order valence-electron chi connectivity index (χ4n) is 3.83. The zero-order valence-corrected chi connectivity index (χ0v) is 18.1. The van der Waals surface area contributed by atoms with Crippen LogP contribution in [0.5, 0.6) is 0 Å². The number of carbonyl (C=O) groups is 3. The monoisotopic (exact) mass is 407 g/mol. The number of amides is 3. The van der Waals surface area contributed by atoms with Gasteiger partial charge in [0, 0.05) is 31.4 Å². The Morgan fingerprint density at radius 3 is 2.33 bits per heavy atom. The zero-order valence-electron chi connectivity index (χ0n) is 18.1. The van der Waals surface area contributed by atoms with Gasteiger partial charge in [-0.2, -0.15) is 0 Å². The van der Waals surface area contributed by atoms with Crippen LogP contribution in [0.2, 0.25) is 0 Å². The Kier molecular flexibility index (Phi) is 6.55. The van der Waals surface area contributed by atoms with Crippen molar-refractivity contribution < 1.29 is 14.4 Å². The lowest BCUT2D eigenvalue weighted by Crippen LogP contribution is -2.39. The molecule has 1 heterocycles. The van der Waals surface area contributed by atoms with Crippen molar-refractivity contribution >= 4 is 29.1 Å². The molecule has 0 bridgehead atoms. The molecule has 30 heavy (non-hydrogen) atoms. The highest BCUT2D eigenvalue weighted by atomic mass is 16.2. The van der Waals surface area contributed by atoms with Gasteiger partial charge in [-0.3, -0.25) is 14.4 Å². The highest BCUT2D eigenvalue weighted by molar-refractivity contribution is 6.01. The fraction of sp³-hybridized carbons (Fsp3) is 0.375. The summed E-state index contributed by atoms with van der Waals surface area (Å²) < 4.78 is 0. The first-order chi connectivity index (χ1) is 14.3. The zero-order chi connectivity index (χ0) is 21.8. The Morgan fingerprint density at radius 1 is 1.10 bits per heavy atom. The van der Waals surface area contributed by atoms with Crippen LogP contribution in [0.1, 0.15) is 30.0 Å². The molecular formula is C24H29N3O3. The third-order valence-corrected chi connectivity index (χ3v) is 5.63. The normalized spacial score (nSPS) is 15.9. The molecule has 1 fully saturated rings. The molecule has 0 spiro atoms. The Morgan fingerprint density at radius 2 is 1.73 bits per heavy atom. The van der Waals surface area contributed by atoms with Gasteiger partial charge in [0.15, 0.2) is 0 Å². The summed E-state index contributed by atoms with van der Waals surface area (Å²) in [6.07, 6.45) is 1.10. The Bertz CT molecular complexity index is 932. The number of anilines is 2. The third-order valence-electron chi connectivity index (χ3n) is 5.63. The third kappa shape index (κ3) is 4.70. The summed E-state index contributed by atoms with van der Waals surface area (Å²) in [7, 11) is 1.61. The lowest BCUT2D eigenvalue weighted by Gasteiger charge is -2.22. The number of nitrogens with zero attached hydrogens (tertiary/aromatic N) is 2. The lowest BCUT2D eigenvalue weighted by molar-refractivity contribution is -0.137. The maximum atomic E-state index is 12.9.